The Bertz CT molecular complexity index is 651. The van der Waals surface area contributed by atoms with Gasteiger partial charge in [-0.1, -0.05) is 0 Å². The quantitative estimate of drug-likeness (QED) is 0.853. The van der Waals surface area contributed by atoms with Gasteiger partial charge in [0.2, 0.25) is 5.78 Å². The fraction of sp³-hybridized carbons (Fsp3) is 0.312. The molecule has 1 fully saturated rings. The van der Waals surface area contributed by atoms with Crippen LogP contribution >= 0.6 is 0 Å². The van der Waals surface area contributed by atoms with Crippen LogP contribution < -0.4 is 15.0 Å². The van der Waals surface area contributed by atoms with Crippen LogP contribution in [0, 0.1) is 0 Å². The molecular formula is C16H18N4O2. The highest BCUT2D eigenvalue weighted by Crippen LogP contribution is 2.20. The molecule has 2 heterocycles. The molecule has 1 aliphatic rings. The molecule has 3 rings (SSSR count). The number of ether oxygens (including phenoxy) is 1. The molecule has 1 saturated heterocycles. The van der Waals surface area contributed by atoms with Crippen LogP contribution in [0.4, 0.5) is 5.82 Å². The van der Waals surface area contributed by atoms with Gasteiger partial charge in [0.1, 0.15) is 5.75 Å². The van der Waals surface area contributed by atoms with Crippen molar-refractivity contribution >= 4 is 11.6 Å². The van der Waals surface area contributed by atoms with Crippen molar-refractivity contribution in [1.29, 1.82) is 0 Å². The number of rotatable bonds is 4. The molecule has 2 aromatic rings. The van der Waals surface area contributed by atoms with Gasteiger partial charge in [-0.2, -0.15) is 0 Å². The third kappa shape index (κ3) is 2.92. The molecule has 6 nitrogen and oxygen atoms in total. The number of carbonyl (C=O) groups is 1. The van der Waals surface area contributed by atoms with Crippen molar-refractivity contribution in [2.45, 2.75) is 0 Å². The van der Waals surface area contributed by atoms with Crippen molar-refractivity contribution in [3.05, 3.63) is 47.9 Å². The maximum absolute atomic E-state index is 12.7. The third-order valence-electron chi connectivity index (χ3n) is 3.66. The van der Waals surface area contributed by atoms with Crippen LogP contribution in [0.25, 0.3) is 0 Å². The lowest BCUT2D eigenvalue weighted by Gasteiger charge is -2.29. The molecule has 0 aliphatic carbocycles. The van der Waals surface area contributed by atoms with Crippen LogP contribution in [0.15, 0.2) is 36.7 Å². The number of anilines is 1. The molecule has 0 radical (unpaired) electrons. The van der Waals surface area contributed by atoms with E-state index in [1.165, 1.54) is 0 Å². The first kappa shape index (κ1) is 14.5. The number of hydrogen-bond donors (Lipinski definition) is 1. The minimum absolute atomic E-state index is 0.121. The Labute approximate surface area is 129 Å². The summed E-state index contributed by atoms with van der Waals surface area (Å²) >= 11 is 0. The van der Waals surface area contributed by atoms with Crippen LogP contribution in [0.2, 0.25) is 0 Å². The number of nitrogens with one attached hydrogen (secondary N) is 1. The summed E-state index contributed by atoms with van der Waals surface area (Å²) < 4.78 is 5.12. The Morgan fingerprint density at radius 1 is 1.14 bits per heavy atom. The number of methoxy groups -OCH3 is 1. The summed E-state index contributed by atoms with van der Waals surface area (Å²) in [5.41, 5.74) is 0.979. The summed E-state index contributed by atoms with van der Waals surface area (Å²) in [6.07, 6.45) is 3.19. The van der Waals surface area contributed by atoms with Crippen LogP contribution in [-0.4, -0.2) is 49.0 Å². The lowest BCUT2D eigenvalue weighted by atomic mass is 10.1. The second-order valence-corrected chi connectivity index (χ2v) is 5.02. The van der Waals surface area contributed by atoms with E-state index in [0.717, 1.165) is 31.9 Å². The minimum atomic E-state index is -0.121. The minimum Gasteiger partial charge on any atom is -0.497 e. The topological polar surface area (TPSA) is 67.3 Å². The van der Waals surface area contributed by atoms with Crippen molar-refractivity contribution in [1.82, 2.24) is 15.3 Å². The first-order chi connectivity index (χ1) is 10.8. The number of carbonyl (C=O) groups excluding carboxylic acids is 1. The van der Waals surface area contributed by atoms with Crippen LogP contribution in [0.3, 0.4) is 0 Å². The van der Waals surface area contributed by atoms with Gasteiger partial charge in [0.25, 0.3) is 0 Å². The zero-order valence-electron chi connectivity index (χ0n) is 12.5. The van der Waals surface area contributed by atoms with Gasteiger partial charge >= 0.3 is 0 Å². The number of piperazine rings is 1. The van der Waals surface area contributed by atoms with E-state index in [1.54, 1.807) is 43.8 Å². The van der Waals surface area contributed by atoms with Gasteiger partial charge in [0.15, 0.2) is 11.5 Å². The fourth-order valence-electron chi connectivity index (χ4n) is 2.48. The highest BCUT2D eigenvalue weighted by Gasteiger charge is 2.21. The highest BCUT2D eigenvalue weighted by molar-refractivity contribution is 6.10. The van der Waals surface area contributed by atoms with Crippen molar-refractivity contribution in [2.75, 3.05) is 38.2 Å². The SMILES string of the molecule is COc1ccc(C(=O)c2nccnc2N2CCNCC2)cc1. The van der Waals surface area contributed by atoms with Gasteiger partial charge in [0.05, 0.1) is 7.11 Å². The van der Waals surface area contributed by atoms with E-state index in [4.69, 9.17) is 4.74 Å². The molecule has 6 heteroatoms. The van der Waals surface area contributed by atoms with E-state index in [9.17, 15) is 4.79 Å². The predicted molar refractivity (Wildman–Crippen MR) is 83.5 cm³/mol. The molecule has 0 saturated carbocycles. The Balaban J connectivity index is 1.91. The molecule has 0 bridgehead atoms. The Kier molecular flexibility index (Phi) is 4.29. The Morgan fingerprint density at radius 2 is 1.82 bits per heavy atom. The van der Waals surface area contributed by atoms with E-state index in [2.05, 4.69) is 20.2 Å². The molecule has 1 N–H and O–H groups in total. The van der Waals surface area contributed by atoms with Gasteiger partial charge in [-0.15, -0.1) is 0 Å². The maximum atomic E-state index is 12.7. The lowest BCUT2D eigenvalue weighted by molar-refractivity contribution is 0.103. The van der Waals surface area contributed by atoms with Gasteiger partial charge in [-0.25, -0.2) is 9.97 Å². The molecule has 22 heavy (non-hydrogen) atoms. The van der Waals surface area contributed by atoms with E-state index in [-0.39, 0.29) is 5.78 Å². The second-order valence-electron chi connectivity index (χ2n) is 5.02. The summed E-state index contributed by atoms with van der Waals surface area (Å²) in [7, 11) is 1.60. The van der Waals surface area contributed by atoms with Gasteiger partial charge in [-0.05, 0) is 24.3 Å². The molecular weight excluding hydrogens is 280 g/mol. The lowest BCUT2D eigenvalue weighted by Crippen LogP contribution is -2.44. The monoisotopic (exact) mass is 298 g/mol. The van der Waals surface area contributed by atoms with Crippen molar-refractivity contribution in [2.24, 2.45) is 0 Å². The highest BCUT2D eigenvalue weighted by atomic mass is 16.5. The normalized spacial score (nSPS) is 14.7. The summed E-state index contributed by atoms with van der Waals surface area (Å²) in [6, 6.07) is 7.04. The Morgan fingerprint density at radius 3 is 2.50 bits per heavy atom. The fourth-order valence-corrected chi connectivity index (χ4v) is 2.48. The first-order valence-electron chi connectivity index (χ1n) is 7.25. The standard InChI is InChI=1S/C16H18N4O2/c1-22-13-4-2-12(3-5-13)15(21)14-16(19-7-6-18-14)20-10-8-17-9-11-20/h2-7,17H,8-11H2,1H3. The van der Waals surface area contributed by atoms with Crippen molar-refractivity contribution < 1.29 is 9.53 Å². The number of nitrogens with zero attached hydrogens (tertiary/aromatic N) is 3. The Hall–Kier alpha value is -2.47. The van der Waals surface area contributed by atoms with Gasteiger partial charge in [0, 0.05) is 44.1 Å². The van der Waals surface area contributed by atoms with Gasteiger partial charge < -0.3 is 15.0 Å². The molecule has 114 valence electrons. The number of ketones is 1. The summed E-state index contributed by atoms with van der Waals surface area (Å²) in [6.45, 7) is 3.41. The molecule has 1 aromatic carbocycles. The van der Waals surface area contributed by atoms with E-state index >= 15 is 0 Å². The van der Waals surface area contributed by atoms with Crippen LogP contribution in [-0.2, 0) is 0 Å². The van der Waals surface area contributed by atoms with Gasteiger partial charge in [-0.3, -0.25) is 4.79 Å². The van der Waals surface area contributed by atoms with Crippen molar-refractivity contribution in [3.8, 4) is 5.75 Å². The maximum Gasteiger partial charge on any atom is 0.215 e. The largest absolute Gasteiger partial charge is 0.497 e. The second kappa shape index (κ2) is 6.53. The summed E-state index contributed by atoms with van der Waals surface area (Å²) in [4.78, 5) is 23.5. The predicted octanol–water partition coefficient (Wildman–Crippen LogP) is 1.13. The van der Waals surface area contributed by atoms with Crippen LogP contribution in [0.1, 0.15) is 16.1 Å². The molecule has 0 spiro atoms. The third-order valence-corrected chi connectivity index (χ3v) is 3.66. The van der Waals surface area contributed by atoms with E-state index < -0.39 is 0 Å². The number of benzene rings is 1. The molecule has 1 aliphatic heterocycles. The molecule has 0 unspecified atom stereocenters. The van der Waals surface area contributed by atoms with E-state index in [0.29, 0.717) is 17.1 Å². The smallest absolute Gasteiger partial charge is 0.215 e. The summed E-state index contributed by atoms with van der Waals surface area (Å²) in [5.74, 6) is 1.26. The summed E-state index contributed by atoms with van der Waals surface area (Å²) in [5, 5.41) is 3.29. The molecule has 0 atom stereocenters. The van der Waals surface area contributed by atoms with E-state index in [1.807, 2.05) is 0 Å². The van der Waals surface area contributed by atoms with Crippen molar-refractivity contribution in [3.63, 3.8) is 0 Å². The average molecular weight is 298 g/mol. The molecule has 1 aromatic heterocycles. The zero-order chi connectivity index (χ0) is 15.4. The molecule has 0 amide bonds. The zero-order valence-corrected chi connectivity index (χ0v) is 12.5. The number of aromatic nitrogens is 2. The van der Waals surface area contributed by atoms with Crippen LogP contribution in [0.5, 0.6) is 5.75 Å². The number of hydrogen-bond acceptors (Lipinski definition) is 6. The first-order valence-corrected chi connectivity index (χ1v) is 7.25. The average Bonchev–Trinajstić information content (AvgIpc) is 2.62.